The second kappa shape index (κ2) is 8.80. The summed E-state index contributed by atoms with van der Waals surface area (Å²) in [5.41, 5.74) is 0.650. The number of nitrogens with one attached hydrogen (secondary N) is 2. The lowest BCUT2D eigenvalue weighted by Gasteiger charge is -2.16. The number of carbonyl (C=O) groups excluding carboxylic acids is 2. The van der Waals surface area contributed by atoms with Gasteiger partial charge < -0.3 is 20.1 Å². The summed E-state index contributed by atoms with van der Waals surface area (Å²) in [4.78, 5) is 24.3. The summed E-state index contributed by atoms with van der Waals surface area (Å²) >= 11 is 0. The number of rotatable bonds is 7. The Hall–Kier alpha value is -3.16. The normalized spacial score (nSPS) is 11.6. The van der Waals surface area contributed by atoms with E-state index < -0.39 is 24.5 Å². The van der Waals surface area contributed by atoms with E-state index >= 15 is 0 Å². The molecule has 2 aromatic carbocycles. The predicted octanol–water partition coefficient (Wildman–Crippen LogP) is 3.05. The van der Waals surface area contributed by atoms with E-state index in [2.05, 4.69) is 15.4 Å². The maximum absolute atomic E-state index is 12.5. The number of alkyl halides is 2. The fourth-order valence-corrected chi connectivity index (χ4v) is 2.13. The number of ether oxygens (including phenoxy) is 2. The summed E-state index contributed by atoms with van der Waals surface area (Å²) in [6, 6.07) is 11.7. The first-order chi connectivity index (χ1) is 12.4. The molecule has 0 aliphatic heterocycles. The molecule has 138 valence electrons. The SMILES string of the molecule is COc1ccc(NC(=O)[C@H](C)NC(=O)c2ccccc2)cc1OC(F)F. The summed E-state index contributed by atoms with van der Waals surface area (Å²) in [5.74, 6) is -1.01. The van der Waals surface area contributed by atoms with Crippen LogP contribution in [0.2, 0.25) is 0 Å². The van der Waals surface area contributed by atoms with Crippen LogP contribution in [0.15, 0.2) is 48.5 Å². The molecule has 0 saturated carbocycles. The van der Waals surface area contributed by atoms with Gasteiger partial charge in [-0.15, -0.1) is 0 Å². The first-order valence-electron chi connectivity index (χ1n) is 7.70. The molecule has 26 heavy (non-hydrogen) atoms. The molecule has 0 spiro atoms. The van der Waals surface area contributed by atoms with Gasteiger partial charge in [0.25, 0.3) is 5.91 Å². The van der Waals surface area contributed by atoms with Crippen molar-refractivity contribution in [3.63, 3.8) is 0 Å². The Kier molecular flexibility index (Phi) is 6.48. The summed E-state index contributed by atoms with van der Waals surface area (Å²) in [6.45, 7) is -1.52. The van der Waals surface area contributed by atoms with E-state index in [1.807, 2.05) is 0 Å². The Morgan fingerprint density at radius 3 is 2.35 bits per heavy atom. The van der Waals surface area contributed by atoms with Crippen molar-refractivity contribution in [3.05, 3.63) is 54.1 Å². The maximum Gasteiger partial charge on any atom is 0.387 e. The van der Waals surface area contributed by atoms with Crippen LogP contribution < -0.4 is 20.1 Å². The van der Waals surface area contributed by atoms with Crippen molar-refractivity contribution in [2.75, 3.05) is 12.4 Å². The summed E-state index contributed by atoms with van der Waals surface area (Å²) in [7, 11) is 1.31. The zero-order valence-corrected chi connectivity index (χ0v) is 14.2. The summed E-state index contributed by atoms with van der Waals surface area (Å²) in [6.07, 6.45) is 0. The second-order valence-electron chi connectivity index (χ2n) is 5.29. The van der Waals surface area contributed by atoms with Crippen molar-refractivity contribution in [1.29, 1.82) is 0 Å². The first-order valence-corrected chi connectivity index (χ1v) is 7.70. The summed E-state index contributed by atoms with van der Waals surface area (Å²) in [5, 5.41) is 5.09. The number of halogens is 2. The van der Waals surface area contributed by atoms with E-state index in [1.54, 1.807) is 30.3 Å². The smallest absolute Gasteiger partial charge is 0.387 e. The number of methoxy groups -OCH3 is 1. The molecule has 2 aromatic rings. The van der Waals surface area contributed by atoms with Gasteiger partial charge in [0.2, 0.25) is 5.91 Å². The number of hydrogen-bond acceptors (Lipinski definition) is 4. The Labute approximate surface area is 149 Å². The van der Waals surface area contributed by atoms with Crippen molar-refractivity contribution in [3.8, 4) is 11.5 Å². The van der Waals surface area contributed by atoms with E-state index in [-0.39, 0.29) is 17.2 Å². The topological polar surface area (TPSA) is 76.7 Å². The standard InChI is InChI=1S/C18H18F2N2O4/c1-11(21-17(24)12-6-4-3-5-7-12)16(23)22-13-8-9-14(25-2)15(10-13)26-18(19)20/h3-11,18H,1-2H3,(H,21,24)(H,22,23)/t11-/m0/s1. The summed E-state index contributed by atoms with van der Waals surface area (Å²) < 4.78 is 34.2. The van der Waals surface area contributed by atoms with Gasteiger partial charge in [0, 0.05) is 17.3 Å². The third-order valence-electron chi connectivity index (χ3n) is 3.42. The Morgan fingerprint density at radius 2 is 1.73 bits per heavy atom. The van der Waals surface area contributed by atoms with Gasteiger partial charge in [0.1, 0.15) is 6.04 Å². The molecule has 0 aliphatic carbocycles. The van der Waals surface area contributed by atoms with Crippen molar-refractivity contribution in [2.45, 2.75) is 19.6 Å². The van der Waals surface area contributed by atoms with Crippen molar-refractivity contribution in [2.24, 2.45) is 0 Å². The van der Waals surface area contributed by atoms with Crippen molar-refractivity contribution in [1.82, 2.24) is 5.32 Å². The van der Waals surface area contributed by atoms with E-state index in [4.69, 9.17) is 4.74 Å². The van der Waals surface area contributed by atoms with Crippen LogP contribution in [0.3, 0.4) is 0 Å². The molecule has 2 amide bonds. The lowest BCUT2D eigenvalue weighted by atomic mass is 10.2. The van der Waals surface area contributed by atoms with E-state index in [9.17, 15) is 18.4 Å². The molecule has 0 radical (unpaired) electrons. The predicted molar refractivity (Wildman–Crippen MR) is 91.6 cm³/mol. The molecular formula is C18H18F2N2O4. The first kappa shape index (κ1) is 19.2. The molecule has 0 saturated heterocycles. The minimum absolute atomic E-state index is 0.105. The van der Waals surface area contributed by atoms with Crippen LogP contribution in [0.5, 0.6) is 11.5 Å². The lowest BCUT2D eigenvalue weighted by Crippen LogP contribution is -2.41. The average molecular weight is 364 g/mol. The van der Waals surface area contributed by atoms with Crippen molar-refractivity contribution >= 4 is 17.5 Å². The zero-order valence-electron chi connectivity index (χ0n) is 14.2. The quantitative estimate of drug-likeness (QED) is 0.792. The van der Waals surface area contributed by atoms with Gasteiger partial charge in [-0.1, -0.05) is 18.2 Å². The van der Waals surface area contributed by atoms with Gasteiger partial charge in [0.15, 0.2) is 11.5 Å². The molecule has 0 bridgehead atoms. The fraction of sp³-hybridized carbons (Fsp3) is 0.222. The Bertz CT molecular complexity index is 769. The van der Waals surface area contributed by atoms with Crippen LogP contribution in [0, 0.1) is 0 Å². The molecule has 0 fully saturated rings. The number of anilines is 1. The third kappa shape index (κ3) is 5.17. The number of benzene rings is 2. The molecule has 2 rings (SSSR count). The highest BCUT2D eigenvalue weighted by molar-refractivity contribution is 6.01. The molecule has 0 aromatic heterocycles. The highest BCUT2D eigenvalue weighted by atomic mass is 19.3. The van der Waals surface area contributed by atoms with Crippen molar-refractivity contribution < 1.29 is 27.8 Å². The minimum Gasteiger partial charge on any atom is -0.493 e. The van der Waals surface area contributed by atoms with Crippen LogP contribution in [0.1, 0.15) is 17.3 Å². The molecule has 1 atom stereocenters. The maximum atomic E-state index is 12.5. The van der Waals surface area contributed by atoms with Gasteiger partial charge in [-0.25, -0.2) is 0 Å². The van der Waals surface area contributed by atoms with Crippen LogP contribution in [-0.4, -0.2) is 31.6 Å². The second-order valence-corrected chi connectivity index (χ2v) is 5.29. The van der Waals surface area contributed by atoms with Crippen LogP contribution in [0.4, 0.5) is 14.5 Å². The Morgan fingerprint density at radius 1 is 1.04 bits per heavy atom. The molecule has 0 heterocycles. The molecule has 8 heteroatoms. The lowest BCUT2D eigenvalue weighted by molar-refractivity contribution is -0.117. The number of carbonyl (C=O) groups is 2. The number of amides is 2. The molecule has 0 unspecified atom stereocenters. The highest BCUT2D eigenvalue weighted by Gasteiger charge is 2.18. The van der Waals surface area contributed by atoms with E-state index in [1.165, 1.54) is 32.2 Å². The monoisotopic (exact) mass is 364 g/mol. The molecule has 2 N–H and O–H groups in total. The van der Waals surface area contributed by atoms with Crippen LogP contribution in [-0.2, 0) is 4.79 Å². The molecule has 6 nitrogen and oxygen atoms in total. The Balaban J connectivity index is 2.03. The van der Waals surface area contributed by atoms with Gasteiger partial charge in [-0.05, 0) is 31.2 Å². The largest absolute Gasteiger partial charge is 0.493 e. The van der Waals surface area contributed by atoms with Crippen LogP contribution in [0.25, 0.3) is 0 Å². The van der Waals surface area contributed by atoms with E-state index in [0.717, 1.165) is 0 Å². The van der Waals surface area contributed by atoms with Gasteiger partial charge in [-0.3, -0.25) is 9.59 Å². The highest BCUT2D eigenvalue weighted by Crippen LogP contribution is 2.31. The third-order valence-corrected chi connectivity index (χ3v) is 3.42. The minimum atomic E-state index is -3.03. The van der Waals surface area contributed by atoms with Gasteiger partial charge in [-0.2, -0.15) is 8.78 Å². The zero-order chi connectivity index (χ0) is 19.1. The van der Waals surface area contributed by atoms with E-state index in [0.29, 0.717) is 5.56 Å². The molecule has 0 aliphatic rings. The van der Waals surface area contributed by atoms with Crippen LogP contribution >= 0.6 is 0 Å². The van der Waals surface area contributed by atoms with Gasteiger partial charge in [0.05, 0.1) is 7.11 Å². The fourth-order valence-electron chi connectivity index (χ4n) is 2.13. The van der Waals surface area contributed by atoms with Gasteiger partial charge >= 0.3 is 6.61 Å². The molecular weight excluding hydrogens is 346 g/mol. The average Bonchev–Trinajstić information content (AvgIpc) is 2.62. The number of hydrogen-bond donors (Lipinski definition) is 2.